The number of ether oxygens (including phenoxy) is 4. The first-order valence-corrected chi connectivity index (χ1v) is 10.4. The molecule has 0 bridgehead atoms. The van der Waals surface area contributed by atoms with Crippen LogP contribution in [-0.2, 0) is 28.5 Å². The highest BCUT2D eigenvalue weighted by molar-refractivity contribution is 5.87. The van der Waals surface area contributed by atoms with Crippen molar-refractivity contribution in [1.29, 1.82) is 0 Å². The third kappa shape index (κ3) is 6.28. The summed E-state index contributed by atoms with van der Waals surface area (Å²) in [6.45, 7) is 0.884. The average molecular weight is 468 g/mol. The third-order valence-electron chi connectivity index (χ3n) is 5.72. The van der Waals surface area contributed by atoms with Gasteiger partial charge in [-0.25, -0.2) is 4.79 Å². The molecule has 2 heterocycles. The molecule has 1 aromatic rings. The second-order valence-electron chi connectivity index (χ2n) is 8.25. The Labute approximate surface area is 189 Å². The van der Waals surface area contributed by atoms with Crippen LogP contribution in [0.3, 0.4) is 0 Å². The fraction of sp³-hybridized carbons (Fsp3) is 0.545. The molecule has 2 aliphatic rings. The van der Waals surface area contributed by atoms with Crippen LogP contribution in [0.25, 0.3) is 6.08 Å². The lowest BCUT2D eigenvalue weighted by atomic mass is 9.88. The van der Waals surface area contributed by atoms with E-state index in [0.717, 1.165) is 6.08 Å². The molecule has 3 rings (SSSR count). The molecule has 0 aliphatic carbocycles. The number of rotatable bonds is 8. The van der Waals surface area contributed by atoms with Crippen LogP contribution in [0.2, 0.25) is 0 Å². The monoisotopic (exact) mass is 468 g/mol. The summed E-state index contributed by atoms with van der Waals surface area (Å²) in [5.41, 5.74) is -0.774. The van der Waals surface area contributed by atoms with E-state index in [-0.39, 0.29) is 25.4 Å². The highest BCUT2D eigenvalue weighted by atomic mass is 16.7. The van der Waals surface area contributed by atoms with Gasteiger partial charge in [-0.15, -0.1) is 0 Å². The second kappa shape index (κ2) is 10.6. The molecule has 2 saturated heterocycles. The van der Waals surface area contributed by atoms with Crippen LogP contribution in [0.1, 0.15) is 18.9 Å². The molecule has 5 N–H and O–H groups in total. The van der Waals surface area contributed by atoms with E-state index in [1.54, 1.807) is 19.1 Å². The molecule has 0 saturated carbocycles. The zero-order valence-corrected chi connectivity index (χ0v) is 17.9. The number of hydrogen-bond acceptors (Lipinski definition) is 11. The predicted molar refractivity (Wildman–Crippen MR) is 110 cm³/mol. The summed E-state index contributed by atoms with van der Waals surface area (Å²) in [5.74, 6) is -1.74. The van der Waals surface area contributed by atoms with Crippen molar-refractivity contribution in [3.63, 3.8) is 0 Å². The summed E-state index contributed by atoms with van der Waals surface area (Å²) < 4.78 is 20.8. The summed E-state index contributed by atoms with van der Waals surface area (Å²) in [7, 11) is 0. The maximum Gasteiger partial charge on any atom is 0.330 e. The lowest BCUT2D eigenvalue weighted by molar-refractivity contribution is -0.305. The Morgan fingerprint density at radius 1 is 1.21 bits per heavy atom. The second-order valence-corrected chi connectivity index (χ2v) is 8.25. The zero-order chi connectivity index (χ0) is 24.2. The molecule has 2 fully saturated rings. The van der Waals surface area contributed by atoms with E-state index in [1.807, 2.05) is 0 Å². The number of carbonyl (C=O) groups excluding carboxylic acids is 2. The van der Waals surface area contributed by atoms with E-state index in [1.165, 1.54) is 18.2 Å². The van der Waals surface area contributed by atoms with E-state index >= 15 is 0 Å². The van der Waals surface area contributed by atoms with Crippen LogP contribution >= 0.6 is 0 Å². The van der Waals surface area contributed by atoms with Gasteiger partial charge in [0.15, 0.2) is 6.29 Å². The van der Waals surface area contributed by atoms with E-state index in [2.05, 4.69) is 0 Å². The smallest absolute Gasteiger partial charge is 0.330 e. The molecule has 33 heavy (non-hydrogen) atoms. The van der Waals surface area contributed by atoms with Crippen LogP contribution in [0.5, 0.6) is 5.75 Å². The molecule has 0 spiro atoms. The highest BCUT2D eigenvalue weighted by Gasteiger charge is 2.47. The first kappa shape index (κ1) is 25.1. The molecule has 2 aliphatic heterocycles. The Morgan fingerprint density at radius 3 is 2.55 bits per heavy atom. The number of aromatic hydroxyl groups is 1. The molecule has 11 nitrogen and oxygen atoms in total. The summed E-state index contributed by atoms with van der Waals surface area (Å²) in [6.07, 6.45) is -4.90. The van der Waals surface area contributed by atoms with Gasteiger partial charge < -0.3 is 44.5 Å². The number of cyclic esters (lactones) is 1. The SMILES string of the molecule is C[C@H](CO[C@H]1O[C@H](COC(=O)C=Cc2ccc(O)cc2)[C@@H](O)[C@H](O)[C@H]1O)[C@@]1(O)COC(=O)C1. The third-order valence-corrected chi connectivity index (χ3v) is 5.72. The van der Waals surface area contributed by atoms with Gasteiger partial charge in [-0.1, -0.05) is 19.1 Å². The summed E-state index contributed by atoms with van der Waals surface area (Å²) >= 11 is 0. The van der Waals surface area contributed by atoms with Crippen LogP contribution in [-0.4, -0.2) is 93.6 Å². The predicted octanol–water partition coefficient (Wildman–Crippen LogP) is -0.913. The number of aliphatic hydroxyl groups excluding tert-OH is 3. The minimum absolute atomic E-state index is 0.0873. The number of hydrogen-bond donors (Lipinski definition) is 5. The largest absolute Gasteiger partial charge is 0.508 e. The maximum atomic E-state index is 12.0. The Balaban J connectivity index is 1.52. The molecule has 0 amide bonds. The lowest BCUT2D eigenvalue weighted by Crippen LogP contribution is -2.59. The number of carbonyl (C=O) groups is 2. The van der Waals surface area contributed by atoms with E-state index in [9.17, 15) is 35.1 Å². The molecule has 182 valence electrons. The van der Waals surface area contributed by atoms with Crippen LogP contribution < -0.4 is 0 Å². The van der Waals surface area contributed by atoms with E-state index in [4.69, 9.17) is 18.9 Å². The zero-order valence-electron chi connectivity index (χ0n) is 17.9. The van der Waals surface area contributed by atoms with Gasteiger partial charge in [0.2, 0.25) is 0 Å². The fourth-order valence-electron chi connectivity index (χ4n) is 3.42. The minimum atomic E-state index is -1.63. The topological polar surface area (TPSA) is 172 Å². The molecule has 7 atom stereocenters. The van der Waals surface area contributed by atoms with Crippen molar-refractivity contribution in [2.45, 2.75) is 49.7 Å². The van der Waals surface area contributed by atoms with E-state index < -0.39 is 60.8 Å². The number of aliphatic hydroxyl groups is 4. The number of phenolic OH excluding ortho intramolecular Hbond substituents is 1. The number of esters is 2. The van der Waals surface area contributed by atoms with Crippen molar-refractivity contribution >= 4 is 18.0 Å². The quantitative estimate of drug-likeness (QED) is 0.236. The van der Waals surface area contributed by atoms with Crippen molar-refractivity contribution in [2.75, 3.05) is 19.8 Å². The maximum absolute atomic E-state index is 12.0. The number of benzene rings is 1. The molecule has 1 aromatic carbocycles. The van der Waals surface area contributed by atoms with Crippen molar-refractivity contribution in [3.05, 3.63) is 35.9 Å². The van der Waals surface area contributed by atoms with Gasteiger partial charge in [-0.05, 0) is 23.8 Å². The standard InChI is InChI=1S/C22H28O11/c1-12(22(29)8-17(25)32-11-22)9-31-21-20(28)19(27)18(26)15(33-21)10-30-16(24)7-4-13-2-5-14(23)6-3-13/h2-7,12,15,18-21,23,26-29H,8-11H2,1H3/t12-,15-,18-,19+,20-,21+,22+/m1/s1. The van der Waals surface area contributed by atoms with Crippen molar-refractivity contribution in [3.8, 4) is 5.75 Å². The van der Waals surface area contributed by atoms with Gasteiger partial charge >= 0.3 is 11.9 Å². The van der Waals surface area contributed by atoms with Crippen molar-refractivity contribution in [1.82, 2.24) is 0 Å². The molecule has 11 heteroatoms. The average Bonchev–Trinajstić information content (AvgIpc) is 3.15. The Hall–Kier alpha value is -2.54. The van der Waals surface area contributed by atoms with Gasteiger partial charge in [0.1, 0.15) is 49.0 Å². The van der Waals surface area contributed by atoms with E-state index in [0.29, 0.717) is 5.56 Å². The molecular weight excluding hydrogens is 440 g/mol. The van der Waals surface area contributed by atoms with Crippen molar-refractivity contribution in [2.24, 2.45) is 5.92 Å². The fourth-order valence-corrected chi connectivity index (χ4v) is 3.42. The first-order chi connectivity index (χ1) is 15.6. The normalized spacial score (nSPS) is 33.1. The Kier molecular flexibility index (Phi) is 8.05. The summed E-state index contributed by atoms with van der Waals surface area (Å²) in [5, 5.41) is 50.2. The van der Waals surface area contributed by atoms with Gasteiger partial charge in [0.25, 0.3) is 0 Å². The number of phenols is 1. The highest BCUT2D eigenvalue weighted by Crippen LogP contribution is 2.30. The Morgan fingerprint density at radius 2 is 1.91 bits per heavy atom. The van der Waals surface area contributed by atoms with Gasteiger partial charge in [-0.2, -0.15) is 0 Å². The molecular formula is C22H28O11. The molecule has 0 radical (unpaired) electrons. The van der Waals surface area contributed by atoms with Crippen LogP contribution in [0.4, 0.5) is 0 Å². The minimum Gasteiger partial charge on any atom is -0.508 e. The van der Waals surface area contributed by atoms with Crippen molar-refractivity contribution < 1.29 is 54.1 Å². The van der Waals surface area contributed by atoms with Gasteiger partial charge in [-0.3, -0.25) is 4.79 Å². The lowest BCUT2D eigenvalue weighted by Gasteiger charge is -2.40. The Bertz CT molecular complexity index is 854. The first-order valence-electron chi connectivity index (χ1n) is 10.4. The van der Waals surface area contributed by atoms with Gasteiger partial charge in [0.05, 0.1) is 13.0 Å². The van der Waals surface area contributed by atoms with Crippen LogP contribution in [0.15, 0.2) is 30.3 Å². The molecule has 0 unspecified atom stereocenters. The van der Waals surface area contributed by atoms with Crippen LogP contribution in [0, 0.1) is 5.92 Å². The molecule has 0 aromatic heterocycles. The van der Waals surface area contributed by atoms with Gasteiger partial charge in [0, 0.05) is 12.0 Å². The summed E-state index contributed by atoms with van der Waals surface area (Å²) in [4.78, 5) is 23.3. The summed E-state index contributed by atoms with van der Waals surface area (Å²) in [6, 6.07) is 6.11.